The first kappa shape index (κ1) is 15.0. The van der Waals surface area contributed by atoms with Gasteiger partial charge in [-0.2, -0.15) is 0 Å². The topological polar surface area (TPSA) is 56.5 Å². The van der Waals surface area contributed by atoms with Crippen LogP contribution in [-0.4, -0.2) is 19.3 Å². The second kappa shape index (κ2) is 6.73. The van der Waals surface area contributed by atoms with Gasteiger partial charge in [0.15, 0.2) is 0 Å². The summed E-state index contributed by atoms with van der Waals surface area (Å²) in [5.41, 5.74) is 3.52. The van der Waals surface area contributed by atoms with Crippen LogP contribution in [-0.2, 0) is 4.74 Å². The lowest BCUT2D eigenvalue weighted by atomic mass is 9.87. The highest BCUT2D eigenvalue weighted by Gasteiger charge is 2.35. The lowest BCUT2D eigenvalue weighted by molar-refractivity contribution is -0.0568. The fourth-order valence-corrected chi connectivity index (χ4v) is 2.22. The van der Waals surface area contributed by atoms with E-state index < -0.39 is 0 Å². The molecule has 0 fully saturated rings. The van der Waals surface area contributed by atoms with E-state index in [1.54, 1.807) is 7.11 Å². The predicted molar refractivity (Wildman–Crippen MR) is 73.4 cm³/mol. The van der Waals surface area contributed by atoms with Crippen LogP contribution in [0.4, 0.5) is 0 Å². The Kier molecular flexibility index (Phi) is 5.59. The van der Waals surface area contributed by atoms with E-state index >= 15 is 0 Å². The molecule has 0 heterocycles. The normalized spacial score (nSPS) is 16.1. The van der Waals surface area contributed by atoms with E-state index in [1.807, 2.05) is 31.2 Å². The summed E-state index contributed by atoms with van der Waals surface area (Å²) in [6.45, 7) is 6.80. The Bertz CT molecular complexity index is 371. The highest BCUT2D eigenvalue weighted by molar-refractivity contribution is 5.37. The largest absolute Gasteiger partial charge is 0.496 e. The molecule has 4 nitrogen and oxygen atoms in total. The number of hydrogen-bond donors (Lipinski definition) is 2. The van der Waals surface area contributed by atoms with E-state index in [4.69, 9.17) is 15.3 Å². The minimum Gasteiger partial charge on any atom is -0.496 e. The maximum Gasteiger partial charge on any atom is 0.123 e. The van der Waals surface area contributed by atoms with Crippen molar-refractivity contribution >= 4 is 0 Å². The molecule has 0 saturated heterocycles. The van der Waals surface area contributed by atoms with Gasteiger partial charge in [0.1, 0.15) is 5.75 Å². The van der Waals surface area contributed by atoms with Crippen molar-refractivity contribution in [3.63, 3.8) is 0 Å². The number of nitrogens with one attached hydrogen (secondary N) is 1. The second-order valence-corrected chi connectivity index (χ2v) is 4.44. The number of methoxy groups -OCH3 is 1. The van der Waals surface area contributed by atoms with Gasteiger partial charge in [-0.15, -0.1) is 0 Å². The number of hydrazine groups is 1. The fraction of sp³-hybridized carbons (Fsp3) is 0.571. The van der Waals surface area contributed by atoms with Crippen molar-refractivity contribution in [2.24, 2.45) is 5.84 Å². The standard InChI is InChI=1S/C14H24N2O2/c1-5-14(3,18-6-2)13(16-15)11-9-7-8-10-12(11)17-4/h7-10,13,16H,5-6,15H2,1-4H3. The average molecular weight is 252 g/mol. The van der Waals surface area contributed by atoms with Crippen molar-refractivity contribution in [2.75, 3.05) is 13.7 Å². The molecule has 0 aromatic heterocycles. The molecule has 102 valence electrons. The molecule has 2 unspecified atom stereocenters. The van der Waals surface area contributed by atoms with E-state index in [0.717, 1.165) is 17.7 Å². The van der Waals surface area contributed by atoms with Gasteiger partial charge in [0.05, 0.1) is 18.8 Å². The molecular formula is C14H24N2O2. The highest BCUT2D eigenvalue weighted by atomic mass is 16.5. The Balaban J connectivity index is 3.15. The van der Waals surface area contributed by atoms with Crippen molar-refractivity contribution in [2.45, 2.75) is 38.8 Å². The summed E-state index contributed by atoms with van der Waals surface area (Å²) in [6, 6.07) is 7.75. The van der Waals surface area contributed by atoms with Gasteiger partial charge in [0, 0.05) is 12.2 Å². The van der Waals surface area contributed by atoms with Gasteiger partial charge < -0.3 is 9.47 Å². The minimum atomic E-state index is -0.363. The number of nitrogens with two attached hydrogens (primary N) is 1. The van der Waals surface area contributed by atoms with Gasteiger partial charge in [0.2, 0.25) is 0 Å². The summed E-state index contributed by atoms with van der Waals surface area (Å²) in [4.78, 5) is 0. The molecule has 0 amide bonds. The Morgan fingerprint density at radius 3 is 2.50 bits per heavy atom. The molecule has 0 saturated carbocycles. The SMILES string of the molecule is CCOC(C)(CC)C(NN)c1ccccc1OC. The third-order valence-corrected chi connectivity index (χ3v) is 3.40. The zero-order valence-electron chi connectivity index (χ0n) is 11.7. The number of benzene rings is 1. The van der Waals surface area contributed by atoms with Crippen LogP contribution >= 0.6 is 0 Å². The molecule has 1 aromatic carbocycles. The molecule has 1 rings (SSSR count). The first-order chi connectivity index (χ1) is 8.62. The van der Waals surface area contributed by atoms with Gasteiger partial charge in [-0.1, -0.05) is 25.1 Å². The third-order valence-electron chi connectivity index (χ3n) is 3.40. The molecule has 3 N–H and O–H groups in total. The third kappa shape index (κ3) is 3.02. The molecule has 0 aliphatic rings. The molecule has 0 radical (unpaired) electrons. The number of hydrogen-bond acceptors (Lipinski definition) is 4. The average Bonchev–Trinajstić information content (AvgIpc) is 2.40. The molecule has 4 heteroatoms. The Labute approximate surface area is 109 Å². The van der Waals surface area contributed by atoms with Crippen molar-refractivity contribution in [1.29, 1.82) is 0 Å². The van der Waals surface area contributed by atoms with Crippen LogP contribution in [0.5, 0.6) is 5.75 Å². The van der Waals surface area contributed by atoms with Crippen LogP contribution in [0.1, 0.15) is 38.8 Å². The quantitative estimate of drug-likeness (QED) is 0.578. The van der Waals surface area contributed by atoms with Crippen LogP contribution in [0.2, 0.25) is 0 Å². The zero-order chi connectivity index (χ0) is 13.6. The molecule has 1 aromatic rings. The van der Waals surface area contributed by atoms with E-state index in [2.05, 4.69) is 19.3 Å². The summed E-state index contributed by atoms with van der Waals surface area (Å²) < 4.78 is 11.3. The summed E-state index contributed by atoms with van der Waals surface area (Å²) in [6.07, 6.45) is 0.855. The number of rotatable bonds is 7. The molecule has 0 spiro atoms. The van der Waals surface area contributed by atoms with E-state index in [0.29, 0.717) is 6.61 Å². The minimum absolute atomic E-state index is 0.112. The van der Waals surface area contributed by atoms with E-state index in [1.165, 1.54) is 0 Å². The highest BCUT2D eigenvalue weighted by Crippen LogP contribution is 2.36. The van der Waals surface area contributed by atoms with Crippen molar-refractivity contribution in [3.05, 3.63) is 29.8 Å². The first-order valence-electron chi connectivity index (χ1n) is 6.35. The number of ether oxygens (including phenoxy) is 2. The van der Waals surface area contributed by atoms with Gasteiger partial charge >= 0.3 is 0 Å². The molecule has 0 aliphatic heterocycles. The van der Waals surface area contributed by atoms with Crippen LogP contribution in [0.15, 0.2) is 24.3 Å². The summed E-state index contributed by atoms with van der Waals surface area (Å²) in [5, 5.41) is 0. The van der Waals surface area contributed by atoms with Crippen LogP contribution < -0.4 is 16.0 Å². The van der Waals surface area contributed by atoms with Gasteiger partial charge in [-0.25, -0.2) is 5.43 Å². The van der Waals surface area contributed by atoms with Crippen LogP contribution in [0.3, 0.4) is 0 Å². The maximum atomic E-state index is 5.89. The lowest BCUT2D eigenvalue weighted by Gasteiger charge is -2.37. The Morgan fingerprint density at radius 1 is 1.33 bits per heavy atom. The zero-order valence-corrected chi connectivity index (χ0v) is 11.7. The summed E-state index contributed by atoms with van der Waals surface area (Å²) >= 11 is 0. The van der Waals surface area contributed by atoms with Crippen molar-refractivity contribution in [1.82, 2.24) is 5.43 Å². The summed E-state index contributed by atoms with van der Waals surface area (Å²) in [5.74, 6) is 6.55. The predicted octanol–water partition coefficient (Wildman–Crippen LogP) is 2.40. The van der Waals surface area contributed by atoms with Gasteiger partial charge in [0.25, 0.3) is 0 Å². The number of para-hydroxylation sites is 1. The van der Waals surface area contributed by atoms with E-state index in [-0.39, 0.29) is 11.6 Å². The second-order valence-electron chi connectivity index (χ2n) is 4.44. The Morgan fingerprint density at radius 2 is 2.00 bits per heavy atom. The smallest absolute Gasteiger partial charge is 0.123 e. The van der Waals surface area contributed by atoms with Crippen molar-refractivity contribution in [3.8, 4) is 5.75 Å². The Hall–Kier alpha value is -1.10. The monoisotopic (exact) mass is 252 g/mol. The molecule has 2 atom stereocenters. The van der Waals surface area contributed by atoms with Gasteiger partial charge in [-0.3, -0.25) is 5.84 Å². The molecule has 0 bridgehead atoms. The molecular weight excluding hydrogens is 228 g/mol. The van der Waals surface area contributed by atoms with E-state index in [9.17, 15) is 0 Å². The lowest BCUT2D eigenvalue weighted by Crippen LogP contribution is -2.46. The summed E-state index contributed by atoms with van der Waals surface area (Å²) in [7, 11) is 1.66. The van der Waals surface area contributed by atoms with Crippen LogP contribution in [0.25, 0.3) is 0 Å². The first-order valence-corrected chi connectivity index (χ1v) is 6.35. The maximum absolute atomic E-state index is 5.89. The van der Waals surface area contributed by atoms with Gasteiger partial charge in [-0.05, 0) is 26.3 Å². The molecule has 18 heavy (non-hydrogen) atoms. The van der Waals surface area contributed by atoms with Crippen LogP contribution in [0, 0.1) is 0 Å². The fourth-order valence-electron chi connectivity index (χ4n) is 2.22. The van der Waals surface area contributed by atoms with Crippen molar-refractivity contribution < 1.29 is 9.47 Å². The molecule has 0 aliphatic carbocycles.